The third-order valence-electron chi connectivity index (χ3n) is 2.41. The number of rotatable bonds is 2. The Morgan fingerprint density at radius 3 is 2.29 bits per heavy atom. The van der Waals surface area contributed by atoms with Crippen molar-refractivity contribution in [1.82, 2.24) is 0 Å². The smallest absolute Gasteiger partial charge is 0.0998 e. The first-order chi connectivity index (χ1) is 8.31. The Hall–Kier alpha value is -1.85. The fourth-order valence-electron chi connectivity index (χ4n) is 1.55. The maximum absolute atomic E-state index is 9.20. The number of nitrogens with zero attached hydrogens (tertiary/aromatic N) is 1. The van der Waals surface area contributed by atoms with E-state index < -0.39 is 0 Å². The quantitative estimate of drug-likeness (QED) is 0.588. The van der Waals surface area contributed by atoms with Gasteiger partial charge in [0.05, 0.1) is 11.6 Å². The summed E-state index contributed by atoms with van der Waals surface area (Å²) in [4.78, 5) is 0. The van der Waals surface area contributed by atoms with E-state index in [1.54, 1.807) is 0 Å². The van der Waals surface area contributed by atoms with E-state index in [4.69, 9.17) is 0 Å². The number of allylic oxidation sites excluding steroid dienone is 1. The van der Waals surface area contributed by atoms with E-state index in [9.17, 15) is 5.26 Å². The summed E-state index contributed by atoms with van der Waals surface area (Å²) >= 11 is 3.47. The highest BCUT2D eigenvalue weighted by atomic mass is 79.9. The Balaban J connectivity index is 2.45. The van der Waals surface area contributed by atoms with Crippen molar-refractivity contribution in [1.29, 1.82) is 5.26 Å². The minimum absolute atomic E-state index is 0.664. The predicted molar refractivity (Wildman–Crippen MR) is 74.1 cm³/mol. The molecule has 0 amide bonds. The van der Waals surface area contributed by atoms with Gasteiger partial charge in [0.2, 0.25) is 0 Å². The molecule has 0 spiro atoms. The van der Waals surface area contributed by atoms with Crippen LogP contribution in [-0.2, 0) is 0 Å². The van der Waals surface area contributed by atoms with E-state index in [1.807, 2.05) is 60.7 Å². The first-order valence-corrected chi connectivity index (χ1v) is 6.02. The summed E-state index contributed by atoms with van der Waals surface area (Å²) in [6.45, 7) is 0. The maximum Gasteiger partial charge on any atom is 0.0998 e. The Labute approximate surface area is 109 Å². The first kappa shape index (κ1) is 11.6. The molecule has 0 unspecified atom stereocenters. The molecule has 2 heteroatoms. The summed E-state index contributed by atoms with van der Waals surface area (Å²) in [5.41, 5.74) is 2.61. The van der Waals surface area contributed by atoms with Gasteiger partial charge in [-0.15, -0.1) is 0 Å². The summed E-state index contributed by atoms with van der Waals surface area (Å²) in [6.07, 6.45) is 1.89. The monoisotopic (exact) mass is 283 g/mol. The molecule has 2 aromatic carbocycles. The lowest BCUT2D eigenvalue weighted by atomic mass is 10.0. The van der Waals surface area contributed by atoms with Gasteiger partial charge < -0.3 is 0 Å². The largest absolute Gasteiger partial charge is 0.192 e. The molecule has 1 nitrogen and oxygen atoms in total. The first-order valence-electron chi connectivity index (χ1n) is 5.23. The number of nitriles is 1. The molecule has 82 valence electrons. The molecule has 0 fully saturated rings. The van der Waals surface area contributed by atoms with Gasteiger partial charge in [-0.2, -0.15) is 5.26 Å². The third-order valence-corrected chi connectivity index (χ3v) is 3.13. The SMILES string of the molecule is N#C/C(=C/c1ccccc1Br)c1ccccc1. The zero-order chi connectivity index (χ0) is 12.1. The fourth-order valence-corrected chi connectivity index (χ4v) is 1.94. The molecule has 0 aliphatic carbocycles. The molecule has 0 heterocycles. The second-order valence-electron chi connectivity index (χ2n) is 3.56. The average Bonchev–Trinajstić information content (AvgIpc) is 2.39. The van der Waals surface area contributed by atoms with E-state index >= 15 is 0 Å². The van der Waals surface area contributed by atoms with Crippen LogP contribution in [0.25, 0.3) is 11.6 Å². The molecule has 2 rings (SSSR count). The van der Waals surface area contributed by atoms with Gasteiger partial charge in [-0.05, 0) is 23.3 Å². The topological polar surface area (TPSA) is 23.8 Å². The summed E-state index contributed by atoms with van der Waals surface area (Å²) in [5, 5.41) is 9.20. The van der Waals surface area contributed by atoms with Crippen LogP contribution in [0.5, 0.6) is 0 Å². The Kier molecular flexibility index (Phi) is 3.74. The van der Waals surface area contributed by atoms with Crippen molar-refractivity contribution in [2.24, 2.45) is 0 Å². The van der Waals surface area contributed by atoms with E-state index in [1.165, 1.54) is 0 Å². The summed E-state index contributed by atoms with van der Waals surface area (Å²) in [7, 11) is 0. The van der Waals surface area contributed by atoms with Crippen LogP contribution in [0, 0.1) is 11.3 Å². The Morgan fingerprint density at radius 2 is 1.65 bits per heavy atom. The van der Waals surface area contributed by atoms with Crippen molar-refractivity contribution in [3.8, 4) is 6.07 Å². The van der Waals surface area contributed by atoms with Gasteiger partial charge in [0.25, 0.3) is 0 Å². The molecule has 0 aliphatic heterocycles. The lowest BCUT2D eigenvalue weighted by Gasteiger charge is -2.01. The molecule has 0 saturated carbocycles. The molecule has 0 N–H and O–H groups in total. The van der Waals surface area contributed by atoms with Crippen LogP contribution in [-0.4, -0.2) is 0 Å². The summed E-state index contributed by atoms with van der Waals surface area (Å²) in [5.74, 6) is 0. The molecule has 17 heavy (non-hydrogen) atoms. The molecule has 0 radical (unpaired) electrons. The molecular weight excluding hydrogens is 274 g/mol. The second kappa shape index (κ2) is 5.47. The van der Waals surface area contributed by atoms with Crippen molar-refractivity contribution in [3.05, 3.63) is 70.2 Å². The normalized spacial score (nSPS) is 10.9. The van der Waals surface area contributed by atoms with Gasteiger partial charge in [-0.25, -0.2) is 0 Å². The van der Waals surface area contributed by atoms with Crippen LogP contribution in [0.1, 0.15) is 11.1 Å². The van der Waals surface area contributed by atoms with Crippen LogP contribution < -0.4 is 0 Å². The second-order valence-corrected chi connectivity index (χ2v) is 4.41. The van der Waals surface area contributed by atoms with Crippen LogP contribution in [0.2, 0.25) is 0 Å². The molecule has 2 aromatic rings. The number of hydrogen-bond donors (Lipinski definition) is 0. The van der Waals surface area contributed by atoms with Crippen LogP contribution >= 0.6 is 15.9 Å². The predicted octanol–water partition coefficient (Wildman–Crippen LogP) is 4.51. The average molecular weight is 284 g/mol. The minimum atomic E-state index is 0.664. The molecule has 0 atom stereocenters. The van der Waals surface area contributed by atoms with Gasteiger partial charge in [0.15, 0.2) is 0 Å². The van der Waals surface area contributed by atoms with Gasteiger partial charge in [0.1, 0.15) is 0 Å². The van der Waals surface area contributed by atoms with Gasteiger partial charge in [-0.1, -0.05) is 64.5 Å². The van der Waals surface area contributed by atoms with E-state index in [2.05, 4.69) is 22.0 Å². The van der Waals surface area contributed by atoms with Crippen molar-refractivity contribution < 1.29 is 0 Å². The molecule has 0 saturated heterocycles. The van der Waals surface area contributed by atoms with Crippen molar-refractivity contribution in [2.45, 2.75) is 0 Å². The highest BCUT2D eigenvalue weighted by molar-refractivity contribution is 9.10. The number of hydrogen-bond acceptors (Lipinski definition) is 1. The lowest BCUT2D eigenvalue weighted by Crippen LogP contribution is -1.82. The Morgan fingerprint density at radius 1 is 1.00 bits per heavy atom. The van der Waals surface area contributed by atoms with E-state index in [0.29, 0.717) is 5.57 Å². The molecule has 0 bridgehead atoms. The van der Waals surface area contributed by atoms with Crippen LogP contribution in [0.3, 0.4) is 0 Å². The van der Waals surface area contributed by atoms with Crippen molar-refractivity contribution >= 4 is 27.6 Å². The van der Waals surface area contributed by atoms with Gasteiger partial charge >= 0.3 is 0 Å². The fraction of sp³-hybridized carbons (Fsp3) is 0. The highest BCUT2D eigenvalue weighted by Gasteiger charge is 2.01. The van der Waals surface area contributed by atoms with Gasteiger partial charge in [0, 0.05) is 4.47 Å². The van der Waals surface area contributed by atoms with E-state index in [-0.39, 0.29) is 0 Å². The lowest BCUT2D eigenvalue weighted by molar-refractivity contribution is 1.52. The Bertz CT molecular complexity index is 579. The summed E-state index contributed by atoms with van der Waals surface area (Å²) < 4.78 is 0.990. The van der Waals surface area contributed by atoms with Gasteiger partial charge in [-0.3, -0.25) is 0 Å². The zero-order valence-corrected chi connectivity index (χ0v) is 10.7. The van der Waals surface area contributed by atoms with Crippen molar-refractivity contribution in [2.75, 3.05) is 0 Å². The third kappa shape index (κ3) is 2.83. The van der Waals surface area contributed by atoms with E-state index in [0.717, 1.165) is 15.6 Å². The molecule has 0 aromatic heterocycles. The van der Waals surface area contributed by atoms with Crippen LogP contribution in [0.15, 0.2) is 59.1 Å². The zero-order valence-electron chi connectivity index (χ0n) is 9.10. The van der Waals surface area contributed by atoms with Crippen molar-refractivity contribution in [3.63, 3.8) is 0 Å². The maximum atomic E-state index is 9.20. The highest BCUT2D eigenvalue weighted by Crippen LogP contribution is 2.22. The number of halogens is 1. The molecular formula is C15H10BrN. The standard InChI is InChI=1S/C15H10BrN/c16-15-9-5-4-8-13(15)10-14(11-17)12-6-2-1-3-7-12/h1-10H/b14-10-. The number of benzene rings is 2. The molecule has 0 aliphatic rings. The van der Waals surface area contributed by atoms with Crippen LogP contribution in [0.4, 0.5) is 0 Å². The summed E-state index contributed by atoms with van der Waals surface area (Å²) in [6, 6.07) is 19.8. The minimum Gasteiger partial charge on any atom is -0.192 e.